The van der Waals surface area contributed by atoms with Crippen LogP contribution in [-0.4, -0.2) is 21.0 Å². The molecule has 0 spiro atoms. The molecule has 2 heterocycles. The largest absolute Gasteiger partial charge is 0.478 e. The van der Waals surface area contributed by atoms with E-state index >= 15 is 0 Å². The van der Waals surface area contributed by atoms with Crippen molar-refractivity contribution in [1.29, 1.82) is 0 Å². The van der Waals surface area contributed by atoms with Gasteiger partial charge in [-0.15, -0.1) is 11.3 Å². The molecule has 1 N–H and O–H groups in total. The second-order valence-electron chi connectivity index (χ2n) is 5.06. The summed E-state index contributed by atoms with van der Waals surface area (Å²) >= 11 is 1.51. The fourth-order valence-corrected chi connectivity index (χ4v) is 2.86. The molecule has 0 fully saturated rings. The lowest BCUT2D eigenvalue weighted by Gasteiger charge is -2.09. The van der Waals surface area contributed by atoms with Crippen LogP contribution in [0.2, 0.25) is 0 Å². The van der Waals surface area contributed by atoms with E-state index in [0.717, 1.165) is 21.1 Å². The Bertz CT molecular complexity index is 874. The van der Waals surface area contributed by atoms with Crippen molar-refractivity contribution in [2.24, 2.45) is 0 Å². The van der Waals surface area contributed by atoms with Crippen LogP contribution in [0.15, 0.2) is 42.7 Å². The molecule has 6 heteroatoms. The Labute approximate surface area is 137 Å². The summed E-state index contributed by atoms with van der Waals surface area (Å²) in [5, 5.41) is 10.1. The third-order valence-electron chi connectivity index (χ3n) is 3.13. The Kier molecular flexibility index (Phi) is 4.08. The van der Waals surface area contributed by atoms with Crippen molar-refractivity contribution in [2.45, 2.75) is 13.8 Å². The Hall–Kier alpha value is -2.73. The van der Waals surface area contributed by atoms with Gasteiger partial charge in [-0.3, -0.25) is 4.98 Å². The number of hydrogen-bond donors (Lipinski definition) is 1. The van der Waals surface area contributed by atoms with E-state index in [4.69, 9.17) is 4.74 Å². The standard InChI is InChI=1S/C17H14N2O3S/c1-10-5-14(3-4-18-10)22-15-7-12(6-13(8-15)17(20)21)16-19-9-11(2)23-16/h3-9H,1-2H3,(H,20,21). The number of thiazole rings is 1. The summed E-state index contributed by atoms with van der Waals surface area (Å²) in [5.74, 6) is 0.0653. The summed E-state index contributed by atoms with van der Waals surface area (Å²) in [5.41, 5.74) is 1.72. The Morgan fingerprint density at radius 1 is 1.13 bits per heavy atom. The SMILES string of the molecule is Cc1cc(Oc2cc(C(=O)O)cc(-c3ncc(C)s3)c2)ccn1. The maximum absolute atomic E-state index is 11.4. The number of carboxylic acids is 1. The van der Waals surface area contributed by atoms with E-state index in [2.05, 4.69) is 9.97 Å². The highest BCUT2D eigenvalue weighted by Gasteiger charge is 2.12. The van der Waals surface area contributed by atoms with Crippen molar-refractivity contribution in [3.8, 4) is 22.1 Å². The molecule has 23 heavy (non-hydrogen) atoms. The zero-order chi connectivity index (χ0) is 16.4. The van der Waals surface area contributed by atoms with Crippen LogP contribution < -0.4 is 4.74 Å². The summed E-state index contributed by atoms with van der Waals surface area (Å²) in [6.07, 6.45) is 3.41. The summed E-state index contributed by atoms with van der Waals surface area (Å²) in [6, 6.07) is 8.42. The molecule has 0 saturated carbocycles. The fraction of sp³-hybridized carbons (Fsp3) is 0.118. The second kappa shape index (κ2) is 6.18. The van der Waals surface area contributed by atoms with E-state index in [1.807, 2.05) is 13.8 Å². The van der Waals surface area contributed by atoms with Gasteiger partial charge in [0, 0.05) is 34.6 Å². The molecule has 0 radical (unpaired) electrons. The van der Waals surface area contributed by atoms with Crippen LogP contribution in [0.5, 0.6) is 11.5 Å². The van der Waals surface area contributed by atoms with Crippen LogP contribution in [0.3, 0.4) is 0 Å². The number of pyridine rings is 1. The van der Waals surface area contributed by atoms with Gasteiger partial charge in [-0.2, -0.15) is 0 Å². The minimum Gasteiger partial charge on any atom is -0.478 e. The van der Waals surface area contributed by atoms with Crippen molar-refractivity contribution >= 4 is 17.3 Å². The lowest BCUT2D eigenvalue weighted by Crippen LogP contribution is -1.98. The number of nitrogens with zero attached hydrogens (tertiary/aromatic N) is 2. The first-order valence-corrected chi connectivity index (χ1v) is 7.74. The average molecular weight is 326 g/mol. The predicted octanol–water partition coefficient (Wildman–Crippen LogP) is 4.31. The summed E-state index contributed by atoms with van der Waals surface area (Å²) in [6.45, 7) is 3.82. The normalized spacial score (nSPS) is 10.5. The van der Waals surface area contributed by atoms with Gasteiger partial charge >= 0.3 is 5.97 Å². The molecule has 3 aromatic rings. The number of aryl methyl sites for hydroxylation is 2. The molecule has 116 valence electrons. The third kappa shape index (κ3) is 3.54. The van der Waals surface area contributed by atoms with Gasteiger partial charge < -0.3 is 9.84 Å². The highest BCUT2D eigenvalue weighted by molar-refractivity contribution is 7.14. The van der Waals surface area contributed by atoms with Crippen LogP contribution >= 0.6 is 11.3 Å². The first kappa shape index (κ1) is 15.2. The molecular formula is C17H14N2O3S. The summed E-state index contributed by atoms with van der Waals surface area (Å²) in [7, 11) is 0. The molecule has 1 aromatic carbocycles. The smallest absolute Gasteiger partial charge is 0.335 e. The van der Waals surface area contributed by atoms with E-state index in [1.54, 1.807) is 36.7 Å². The average Bonchev–Trinajstić information content (AvgIpc) is 2.93. The fourth-order valence-electron chi connectivity index (χ4n) is 2.11. The maximum atomic E-state index is 11.4. The lowest BCUT2D eigenvalue weighted by molar-refractivity contribution is 0.0696. The zero-order valence-corrected chi connectivity index (χ0v) is 13.4. The molecule has 2 aromatic heterocycles. The van der Waals surface area contributed by atoms with Gasteiger partial charge in [0.05, 0.1) is 5.56 Å². The van der Waals surface area contributed by atoms with E-state index in [0.29, 0.717) is 11.5 Å². The van der Waals surface area contributed by atoms with Crippen LogP contribution in [0.4, 0.5) is 0 Å². The number of ether oxygens (including phenoxy) is 1. The van der Waals surface area contributed by atoms with Gasteiger partial charge in [0.15, 0.2) is 0 Å². The second-order valence-corrected chi connectivity index (χ2v) is 6.30. The van der Waals surface area contributed by atoms with Gasteiger partial charge in [0.25, 0.3) is 0 Å². The van der Waals surface area contributed by atoms with Gasteiger partial charge in [-0.1, -0.05) is 0 Å². The number of rotatable bonds is 4. The van der Waals surface area contributed by atoms with E-state index < -0.39 is 5.97 Å². The maximum Gasteiger partial charge on any atom is 0.335 e. The number of benzene rings is 1. The molecule has 0 saturated heterocycles. The number of hydrogen-bond acceptors (Lipinski definition) is 5. The molecule has 0 amide bonds. The monoisotopic (exact) mass is 326 g/mol. The van der Waals surface area contributed by atoms with Crippen molar-refractivity contribution in [2.75, 3.05) is 0 Å². The van der Waals surface area contributed by atoms with Crippen molar-refractivity contribution in [3.05, 3.63) is 58.9 Å². The number of aromatic carboxylic acids is 1. The van der Waals surface area contributed by atoms with Gasteiger partial charge in [0.2, 0.25) is 0 Å². The van der Waals surface area contributed by atoms with Crippen molar-refractivity contribution in [1.82, 2.24) is 9.97 Å². The molecule has 0 atom stereocenters. The van der Waals surface area contributed by atoms with Gasteiger partial charge in [-0.25, -0.2) is 9.78 Å². The van der Waals surface area contributed by atoms with Crippen LogP contribution in [0, 0.1) is 13.8 Å². The van der Waals surface area contributed by atoms with E-state index in [-0.39, 0.29) is 5.56 Å². The predicted molar refractivity (Wildman–Crippen MR) is 88.3 cm³/mol. The first-order valence-electron chi connectivity index (χ1n) is 6.93. The topological polar surface area (TPSA) is 72.3 Å². The summed E-state index contributed by atoms with van der Waals surface area (Å²) in [4.78, 5) is 20.9. The Morgan fingerprint density at radius 2 is 1.96 bits per heavy atom. The minimum absolute atomic E-state index is 0.163. The van der Waals surface area contributed by atoms with Crippen LogP contribution in [0.1, 0.15) is 20.9 Å². The van der Waals surface area contributed by atoms with Crippen LogP contribution in [-0.2, 0) is 0 Å². The molecule has 0 aliphatic heterocycles. The molecule has 0 unspecified atom stereocenters. The first-order chi connectivity index (χ1) is 11.0. The quantitative estimate of drug-likeness (QED) is 0.773. The van der Waals surface area contributed by atoms with Crippen molar-refractivity contribution in [3.63, 3.8) is 0 Å². The molecule has 0 aliphatic carbocycles. The molecule has 0 aliphatic rings. The molecule has 5 nitrogen and oxygen atoms in total. The Balaban J connectivity index is 2.02. The van der Waals surface area contributed by atoms with Crippen molar-refractivity contribution < 1.29 is 14.6 Å². The molecule has 3 rings (SSSR count). The van der Waals surface area contributed by atoms with E-state index in [9.17, 15) is 9.90 Å². The van der Waals surface area contributed by atoms with Crippen LogP contribution in [0.25, 0.3) is 10.6 Å². The van der Waals surface area contributed by atoms with E-state index in [1.165, 1.54) is 17.4 Å². The minimum atomic E-state index is -1.00. The number of carbonyl (C=O) groups is 1. The third-order valence-corrected chi connectivity index (χ3v) is 4.09. The highest BCUT2D eigenvalue weighted by atomic mass is 32.1. The molecular weight excluding hydrogens is 312 g/mol. The lowest BCUT2D eigenvalue weighted by atomic mass is 10.1. The number of carboxylic acid groups (broad SMARTS) is 1. The molecule has 0 bridgehead atoms. The Morgan fingerprint density at radius 3 is 2.61 bits per heavy atom. The number of aromatic nitrogens is 2. The highest BCUT2D eigenvalue weighted by Crippen LogP contribution is 2.31. The van der Waals surface area contributed by atoms with Gasteiger partial charge in [-0.05, 0) is 38.1 Å². The summed E-state index contributed by atoms with van der Waals surface area (Å²) < 4.78 is 5.79. The zero-order valence-electron chi connectivity index (χ0n) is 12.6. The van der Waals surface area contributed by atoms with Gasteiger partial charge in [0.1, 0.15) is 16.5 Å².